The van der Waals surface area contributed by atoms with Crippen LogP contribution >= 0.6 is 0 Å². The minimum absolute atomic E-state index is 0.0192. The summed E-state index contributed by atoms with van der Waals surface area (Å²) in [4.78, 5) is 18.0. The number of benzene rings is 2. The third-order valence-corrected chi connectivity index (χ3v) is 4.64. The first-order valence-electron chi connectivity index (χ1n) is 10.4. The first-order chi connectivity index (χ1) is 14.5. The Bertz CT molecular complexity index is 806. The molecular weight excluding hydrogens is 376 g/mol. The molecule has 0 aliphatic carbocycles. The van der Waals surface area contributed by atoms with Gasteiger partial charge in [-0.15, -0.1) is 0 Å². The van der Waals surface area contributed by atoms with Crippen molar-refractivity contribution >= 4 is 11.9 Å². The van der Waals surface area contributed by atoms with Crippen LogP contribution in [0, 0.1) is 5.92 Å². The highest BCUT2D eigenvalue weighted by Gasteiger charge is 2.08. The molecule has 2 rings (SSSR count). The third kappa shape index (κ3) is 8.25. The van der Waals surface area contributed by atoms with Crippen molar-refractivity contribution in [2.45, 2.75) is 20.0 Å². The molecule has 0 heterocycles. The molecule has 1 atom stereocenters. The minimum Gasteiger partial charge on any atom is -0.376 e. The standard InChI is InChI=1S/C24H34N4O2/c1-19(17-30-18-21-9-6-5-7-10-21)16-27-24(25-2)26-14-13-20-11-8-12-22(15-20)23(29)28(3)4/h5-12,15,19H,13-14,16-18H2,1-4H3,(H2,25,26,27). The highest BCUT2D eigenvalue weighted by molar-refractivity contribution is 5.94. The van der Waals surface area contributed by atoms with E-state index < -0.39 is 0 Å². The van der Waals surface area contributed by atoms with Crippen LogP contribution in [0.15, 0.2) is 59.6 Å². The largest absolute Gasteiger partial charge is 0.376 e. The van der Waals surface area contributed by atoms with Crippen molar-refractivity contribution in [1.82, 2.24) is 15.5 Å². The maximum absolute atomic E-state index is 12.1. The van der Waals surface area contributed by atoms with Crippen LogP contribution in [-0.4, -0.2) is 57.6 Å². The van der Waals surface area contributed by atoms with Gasteiger partial charge in [0.05, 0.1) is 13.2 Å². The molecule has 0 aromatic heterocycles. The van der Waals surface area contributed by atoms with E-state index in [0.29, 0.717) is 24.7 Å². The van der Waals surface area contributed by atoms with E-state index >= 15 is 0 Å². The fraction of sp³-hybridized carbons (Fsp3) is 0.417. The number of hydrogen-bond donors (Lipinski definition) is 2. The molecule has 30 heavy (non-hydrogen) atoms. The van der Waals surface area contributed by atoms with Gasteiger partial charge in [0.2, 0.25) is 0 Å². The number of amides is 1. The molecule has 162 valence electrons. The number of nitrogens with zero attached hydrogens (tertiary/aromatic N) is 2. The van der Waals surface area contributed by atoms with Crippen molar-refractivity contribution in [3.8, 4) is 0 Å². The Labute approximate surface area is 180 Å². The van der Waals surface area contributed by atoms with Crippen LogP contribution in [0.2, 0.25) is 0 Å². The van der Waals surface area contributed by atoms with E-state index in [1.165, 1.54) is 5.56 Å². The molecule has 2 aromatic rings. The molecule has 1 unspecified atom stereocenters. The van der Waals surface area contributed by atoms with Crippen molar-refractivity contribution < 1.29 is 9.53 Å². The van der Waals surface area contributed by atoms with Crippen molar-refractivity contribution in [3.63, 3.8) is 0 Å². The number of rotatable bonds is 10. The van der Waals surface area contributed by atoms with Gasteiger partial charge >= 0.3 is 0 Å². The van der Waals surface area contributed by atoms with Crippen LogP contribution < -0.4 is 10.6 Å². The Hall–Kier alpha value is -2.86. The predicted molar refractivity (Wildman–Crippen MR) is 123 cm³/mol. The van der Waals surface area contributed by atoms with Gasteiger partial charge < -0.3 is 20.3 Å². The second-order valence-corrected chi connectivity index (χ2v) is 7.64. The summed E-state index contributed by atoms with van der Waals surface area (Å²) in [6.07, 6.45) is 0.811. The lowest BCUT2D eigenvalue weighted by molar-refractivity contribution is 0.0827. The zero-order chi connectivity index (χ0) is 21.8. The van der Waals surface area contributed by atoms with Crippen molar-refractivity contribution in [1.29, 1.82) is 0 Å². The lowest BCUT2D eigenvalue weighted by Crippen LogP contribution is -2.40. The van der Waals surface area contributed by atoms with Gasteiger partial charge in [-0.05, 0) is 35.6 Å². The summed E-state index contributed by atoms with van der Waals surface area (Å²) in [5.74, 6) is 1.15. The Balaban J connectivity index is 1.68. The number of carbonyl (C=O) groups excluding carboxylic acids is 1. The van der Waals surface area contributed by atoms with Crippen molar-refractivity contribution in [2.24, 2.45) is 10.9 Å². The average Bonchev–Trinajstić information content (AvgIpc) is 2.76. The van der Waals surface area contributed by atoms with Gasteiger partial charge in [-0.2, -0.15) is 0 Å². The van der Waals surface area contributed by atoms with Crippen molar-refractivity contribution in [3.05, 3.63) is 71.3 Å². The van der Waals surface area contributed by atoms with Gasteiger partial charge in [-0.25, -0.2) is 0 Å². The molecule has 2 N–H and O–H groups in total. The summed E-state index contributed by atoms with van der Waals surface area (Å²) in [5.41, 5.74) is 3.02. The highest BCUT2D eigenvalue weighted by atomic mass is 16.5. The van der Waals surface area contributed by atoms with Gasteiger partial charge in [0.25, 0.3) is 5.91 Å². The molecule has 0 radical (unpaired) electrons. The molecule has 6 nitrogen and oxygen atoms in total. The molecule has 2 aromatic carbocycles. The van der Waals surface area contributed by atoms with Gasteiger partial charge in [-0.3, -0.25) is 9.79 Å². The van der Waals surface area contributed by atoms with Crippen LogP contribution in [0.3, 0.4) is 0 Å². The van der Waals surface area contributed by atoms with Gasteiger partial charge in [0, 0.05) is 39.8 Å². The van der Waals surface area contributed by atoms with Gasteiger partial charge in [0.15, 0.2) is 5.96 Å². The van der Waals surface area contributed by atoms with Crippen LogP contribution in [0.1, 0.15) is 28.4 Å². The Morgan fingerprint density at radius 1 is 1.07 bits per heavy atom. The van der Waals surface area contributed by atoms with Crippen LogP contribution in [0.25, 0.3) is 0 Å². The molecule has 0 aliphatic heterocycles. The SMILES string of the molecule is CN=C(NCCc1cccc(C(=O)N(C)C)c1)NCC(C)COCc1ccccc1. The second kappa shape index (κ2) is 12.6. The fourth-order valence-electron chi connectivity index (χ4n) is 2.95. The van der Waals surface area contributed by atoms with E-state index in [1.54, 1.807) is 26.0 Å². The van der Waals surface area contributed by atoms with E-state index in [2.05, 4.69) is 34.7 Å². The monoisotopic (exact) mass is 410 g/mol. The van der Waals surface area contributed by atoms with E-state index in [4.69, 9.17) is 4.74 Å². The quantitative estimate of drug-likeness (QED) is 0.467. The third-order valence-electron chi connectivity index (χ3n) is 4.64. The zero-order valence-corrected chi connectivity index (χ0v) is 18.5. The maximum atomic E-state index is 12.1. The number of guanidine groups is 1. The topological polar surface area (TPSA) is 66.0 Å². The maximum Gasteiger partial charge on any atom is 0.253 e. The molecule has 0 aliphatic rings. The number of carbonyl (C=O) groups is 1. The summed E-state index contributed by atoms with van der Waals surface area (Å²) in [6, 6.07) is 18.0. The Morgan fingerprint density at radius 2 is 1.80 bits per heavy atom. The molecule has 0 saturated carbocycles. The van der Waals surface area contributed by atoms with Gasteiger partial charge in [0.1, 0.15) is 0 Å². The molecule has 1 amide bonds. The number of ether oxygens (including phenoxy) is 1. The molecule has 0 saturated heterocycles. The number of hydrogen-bond acceptors (Lipinski definition) is 3. The Kier molecular flexibility index (Phi) is 9.87. The summed E-state index contributed by atoms with van der Waals surface area (Å²) >= 11 is 0. The first kappa shape index (κ1) is 23.4. The number of nitrogens with one attached hydrogen (secondary N) is 2. The van der Waals surface area contributed by atoms with Gasteiger partial charge in [-0.1, -0.05) is 49.4 Å². The minimum atomic E-state index is 0.0192. The number of aliphatic imine (C=N–C) groups is 1. The smallest absolute Gasteiger partial charge is 0.253 e. The van der Waals surface area contributed by atoms with E-state index in [0.717, 1.165) is 31.0 Å². The van der Waals surface area contributed by atoms with E-state index in [1.807, 2.05) is 42.5 Å². The lowest BCUT2D eigenvalue weighted by atomic mass is 10.1. The lowest BCUT2D eigenvalue weighted by Gasteiger charge is -2.16. The molecule has 0 bridgehead atoms. The summed E-state index contributed by atoms with van der Waals surface area (Å²) in [5, 5.41) is 6.68. The summed E-state index contributed by atoms with van der Waals surface area (Å²) < 4.78 is 5.80. The molecule has 6 heteroatoms. The first-order valence-corrected chi connectivity index (χ1v) is 10.4. The molecule has 0 fully saturated rings. The van der Waals surface area contributed by atoms with E-state index in [-0.39, 0.29) is 5.91 Å². The molecule has 0 spiro atoms. The predicted octanol–water partition coefficient (Wildman–Crippen LogP) is 2.95. The zero-order valence-electron chi connectivity index (χ0n) is 18.5. The van der Waals surface area contributed by atoms with Crippen LogP contribution in [0.4, 0.5) is 0 Å². The normalized spacial score (nSPS) is 12.3. The van der Waals surface area contributed by atoms with E-state index in [9.17, 15) is 4.79 Å². The highest BCUT2D eigenvalue weighted by Crippen LogP contribution is 2.08. The van der Waals surface area contributed by atoms with Crippen LogP contribution in [0.5, 0.6) is 0 Å². The second-order valence-electron chi connectivity index (χ2n) is 7.64. The molecular formula is C24H34N4O2. The fourth-order valence-corrected chi connectivity index (χ4v) is 2.95. The average molecular weight is 411 g/mol. The summed E-state index contributed by atoms with van der Waals surface area (Å²) in [6.45, 7) is 4.98. The Morgan fingerprint density at radius 3 is 2.50 bits per heavy atom. The van der Waals surface area contributed by atoms with Crippen LogP contribution in [-0.2, 0) is 17.8 Å². The van der Waals surface area contributed by atoms with Crippen molar-refractivity contribution in [2.75, 3.05) is 40.8 Å². The summed E-state index contributed by atoms with van der Waals surface area (Å²) in [7, 11) is 5.29.